The second-order valence-corrected chi connectivity index (χ2v) is 8.12. The fourth-order valence-corrected chi connectivity index (χ4v) is 4.85. The number of aromatic nitrogens is 1. The van der Waals surface area contributed by atoms with Gasteiger partial charge in [-0.3, -0.25) is 14.5 Å². The Morgan fingerprint density at radius 2 is 1.52 bits per heavy atom. The molecular formula is C24H18N2O2S. The first-order valence-electron chi connectivity index (χ1n) is 9.47. The number of benzene rings is 2. The largest absolute Gasteiger partial charge is 0.269 e. The number of fused-ring (bicyclic) bond motifs is 2. The molecule has 0 fully saturated rings. The molecule has 1 atom stereocenters. The molecule has 5 heteroatoms. The molecule has 1 unspecified atom stereocenters. The summed E-state index contributed by atoms with van der Waals surface area (Å²) in [7, 11) is 0. The van der Waals surface area contributed by atoms with Crippen LogP contribution in [0.5, 0.6) is 0 Å². The zero-order valence-corrected chi connectivity index (χ0v) is 16.9. The molecule has 0 radical (unpaired) electrons. The normalized spacial score (nSPS) is 14.5. The van der Waals surface area contributed by atoms with Gasteiger partial charge in [0.2, 0.25) is 0 Å². The topological polar surface area (TPSA) is 50.3 Å². The monoisotopic (exact) mass is 398 g/mol. The quantitative estimate of drug-likeness (QED) is 0.420. The standard InChI is InChI=1S/C24H18N2O2S/c1-14-13-29-22-19(14)12-20(16-8-4-3-5-9-16)21(25-22)15(2)26-23(27)17-10-6-7-11-18(17)24(26)28/h3-13,15H,1-2H3. The van der Waals surface area contributed by atoms with Crippen LogP contribution in [-0.2, 0) is 0 Å². The van der Waals surface area contributed by atoms with E-state index in [9.17, 15) is 9.59 Å². The number of carbonyl (C=O) groups is 2. The summed E-state index contributed by atoms with van der Waals surface area (Å²) in [5.41, 5.74) is 4.79. The van der Waals surface area contributed by atoms with Gasteiger partial charge in [-0.2, -0.15) is 0 Å². The minimum Gasteiger partial charge on any atom is -0.269 e. The molecule has 2 amide bonds. The molecule has 1 aliphatic rings. The van der Waals surface area contributed by atoms with E-state index >= 15 is 0 Å². The molecule has 2 aromatic carbocycles. The molecule has 0 bridgehead atoms. The first-order valence-corrected chi connectivity index (χ1v) is 10.4. The maximum atomic E-state index is 13.0. The second-order valence-electron chi connectivity index (χ2n) is 7.26. The van der Waals surface area contributed by atoms with E-state index in [1.54, 1.807) is 35.6 Å². The summed E-state index contributed by atoms with van der Waals surface area (Å²) in [4.78, 5) is 33.2. The van der Waals surface area contributed by atoms with Crippen molar-refractivity contribution < 1.29 is 9.59 Å². The summed E-state index contributed by atoms with van der Waals surface area (Å²) in [6.07, 6.45) is 0. The van der Waals surface area contributed by atoms with Crippen molar-refractivity contribution in [2.24, 2.45) is 0 Å². The zero-order valence-electron chi connectivity index (χ0n) is 16.0. The molecule has 5 rings (SSSR count). The number of rotatable bonds is 3. The number of imide groups is 1. The molecule has 0 saturated carbocycles. The predicted molar refractivity (Wildman–Crippen MR) is 115 cm³/mol. The lowest BCUT2D eigenvalue weighted by Crippen LogP contribution is -2.33. The Labute approximate surface area is 172 Å². The van der Waals surface area contributed by atoms with Crippen LogP contribution in [0.15, 0.2) is 66.0 Å². The van der Waals surface area contributed by atoms with Crippen molar-refractivity contribution in [2.45, 2.75) is 19.9 Å². The van der Waals surface area contributed by atoms with Crippen molar-refractivity contribution in [3.8, 4) is 11.1 Å². The summed E-state index contributed by atoms with van der Waals surface area (Å²) in [5.74, 6) is -0.525. The number of carbonyl (C=O) groups excluding carboxylic acids is 2. The number of amides is 2. The predicted octanol–water partition coefficient (Wildman–Crippen LogP) is 5.63. The van der Waals surface area contributed by atoms with Gasteiger partial charge in [-0.15, -0.1) is 11.3 Å². The van der Waals surface area contributed by atoms with E-state index in [1.807, 2.05) is 37.3 Å². The Morgan fingerprint density at radius 1 is 0.897 bits per heavy atom. The Balaban J connectivity index is 1.69. The first kappa shape index (κ1) is 17.8. The Hall–Kier alpha value is -3.31. The van der Waals surface area contributed by atoms with Gasteiger partial charge in [0.25, 0.3) is 11.8 Å². The van der Waals surface area contributed by atoms with Gasteiger partial charge in [0.15, 0.2) is 0 Å². The van der Waals surface area contributed by atoms with Crippen LogP contribution < -0.4 is 0 Å². The van der Waals surface area contributed by atoms with Crippen LogP contribution in [0.25, 0.3) is 21.3 Å². The summed E-state index contributed by atoms with van der Waals surface area (Å²) < 4.78 is 0. The van der Waals surface area contributed by atoms with Crippen LogP contribution in [0.1, 0.15) is 44.9 Å². The number of thiophene rings is 1. The van der Waals surface area contributed by atoms with E-state index in [0.29, 0.717) is 11.1 Å². The molecule has 3 heterocycles. The van der Waals surface area contributed by atoms with Gasteiger partial charge in [-0.05, 0) is 48.6 Å². The van der Waals surface area contributed by atoms with Crippen molar-refractivity contribution in [1.29, 1.82) is 0 Å². The zero-order chi connectivity index (χ0) is 20.1. The third-order valence-corrected chi connectivity index (χ3v) is 6.49. The highest BCUT2D eigenvalue weighted by Gasteiger charge is 2.39. The number of aryl methyl sites for hydroxylation is 1. The number of hydrogen-bond donors (Lipinski definition) is 0. The van der Waals surface area contributed by atoms with Crippen molar-refractivity contribution in [3.63, 3.8) is 0 Å². The minimum atomic E-state index is -0.482. The van der Waals surface area contributed by atoms with E-state index in [0.717, 1.165) is 27.0 Å². The van der Waals surface area contributed by atoms with Crippen LogP contribution in [-0.4, -0.2) is 21.7 Å². The van der Waals surface area contributed by atoms with Gasteiger partial charge in [0.05, 0.1) is 22.9 Å². The molecule has 142 valence electrons. The number of nitrogens with zero attached hydrogens (tertiary/aromatic N) is 2. The van der Waals surface area contributed by atoms with Crippen LogP contribution >= 0.6 is 11.3 Å². The highest BCUT2D eigenvalue weighted by molar-refractivity contribution is 7.16. The average Bonchev–Trinajstić information content (AvgIpc) is 3.24. The van der Waals surface area contributed by atoms with Crippen LogP contribution in [0.4, 0.5) is 0 Å². The molecule has 29 heavy (non-hydrogen) atoms. The minimum absolute atomic E-state index is 0.263. The van der Waals surface area contributed by atoms with Gasteiger partial charge < -0.3 is 0 Å². The fraction of sp³-hybridized carbons (Fsp3) is 0.125. The maximum absolute atomic E-state index is 13.0. The van der Waals surface area contributed by atoms with Gasteiger partial charge in [0, 0.05) is 10.9 Å². The third-order valence-electron chi connectivity index (χ3n) is 5.48. The SMILES string of the molecule is Cc1csc2nc(C(C)N3C(=O)c4ccccc4C3=O)c(-c3ccccc3)cc12. The smallest absolute Gasteiger partial charge is 0.262 e. The van der Waals surface area contributed by atoms with Gasteiger partial charge in [-0.1, -0.05) is 42.5 Å². The van der Waals surface area contributed by atoms with Gasteiger partial charge >= 0.3 is 0 Å². The maximum Gasteiger partial charge on any atom is 0.262 e. The van der Waals surface area contributed by atoms with Gasteiger partial charge in [0.1, 0.15) is 4.83 Å². The van der Waals surface area contributed by atoms with Gasteiger partial charge in [-0.25, -0.2) is 4.98 Å². The van der Waals surface area contributed by atoms with Crippen molar-refractivity contribution >= 4 is 33.4 Å². The van der Waals surface area contributed by atoms with E-state index in [4.69, 9.17) is 4.98 Å². The average molecular weight is 398 g/mol. The first-order chi connectivity index (χ1) is 14.1. The molecule has 0 N–H and O–H groups in total. The van der Waals surface area contributed by atoms with Crippen LogP contribution in [0.3, 0.4) is 0 Å². The molecule has 0 spiro atoms. The number of pyridine rings is 1. The van der Waals surface area contributed by atoms with E-state index in [2.05, 4.69) is 18.4 Å². The molecule has 4 aromatic rings. The lowest BCUT2D eigenvalue weighted by atomic mass is 9.98. The van der Waals surface area contributed by atoms with E-state index < -0.39 is 6.04 Å². The van der Waals surface area contributed by atoms with Crippen molar-refractivity contribution in [1.82, 2.24) is 9.88 Å². The molecule has 0 saturated heterocycles. The Kier molecular flexibility index (Phi) is 4.07. The summed E-state index contributed by atoms with van der Waals surface area (Å²) >= 11 is 1.58. The molecular weight excluding hydrogens is 380 g/mol. The molecule has 1 aliphatic heterocycles. The van der Waals surface area contributed by atoms with E-state index in [1.165, 1.54) is 10.5 Å². The molecule has 4 nitrogen and oxygen atoms in total. The van der Waals surface area contributed by atoms with E-state index in [-0.39, 0.29) is 11.8 Å². The van der Waals surface area contributed by atoms with Crippen molar-refractivity contribution in [2.75, 3.05) is 0 Å². The fourth-order valence-electron chi connectivity index (χ4n) is 3.94. The van der Waals surface area contributed by atoms with Crippen LogP contribution in [0.2, 0.25) is 0 Å². The summed E-state index contributed by atoms with van der Waals surface area (Å²) in [6, 6.07) is 18.6. The highest BCUT2D eigenvalue weighted by atomic mass is 32.1. The summed E-state index contributed by atoms with van der Waals surface area (Å²) in [6.45, 7) is 3.95. The third kappa shape index (κ3) is 2.69. The Morgan fingerprint density at radius 3 is 2.17 bits per heavy atom. The lowest BCUT2D eigenvalue weighted by molar-refractivity contribution is 0.0593. The van der Waals surface area contributed by atoms with Crippen molar-refractivity contribution in [3.05, 3.63) is 88.4 Å². The molecule has 0 aliphatic carbocycles. The lowest BCUT2D eigenvalue weighted by Gasteiger charge is -2.24. The second kappa shape index (κ2) is 6.64. The highest BCUT2D eigenvalue weighted by Crippen LogP contribution is 2.38. The number of hydrogen-bond acceptors (Lipinski definition) is 4. The molecule has 2 aromatic heterocycles. The Bertz CT molecular complexity index is 1240. The summed E-state index contributed by atoms with van der Waals surface area (Å²) in [5, 5.41) is 3.19. The van der Waals surface area contributed by atoms with Crippen LogP contribution in [0, 0.1) is 6.92 Å².